The maximum absolute atomic E-state index is 14.6. The Morgan fingerprint density at radius 2 is 0.970 bits per heavy atom. The predicted octanol–water partition coefficient (Wildman–Crippen LogP) is -3.48. The molecule has 12 atom stereocenters. The molecular formula is C62H87N12O25S-. The summed E-state index contributed by atoms with van der Waals surface area (Å²) < 4.78 is 38.2. The first kappa shape index (κ1) is 83.9. The average molecular weight is 1430 g/mol. The summed E-state index contributed by atoms with van der Waals surface area (Å²) in [5, 5.41) is 69.4. The Morgan fingerprint density at radius 1 is 0.540 bits per heavy atom. The molecule has 3 rings (SSSR count). The number of hydrogen-bond donors (Lipinski definition) is 16. The largest absolute Gasteiger partial charge is 0.716 e. The molecule has 0 unspecified atom stereocenters. The van der Waals surface area contributed by atoms with Crippen LogP contribution >= 0.6 is 0 Å². The minimum Gasteiger partial charge on any atom is -0.716 e. The number of likely N-dealkylation sites (tertiary alicyclic amines) is 1. The number of benzene rings is 2. The minimum atomic E-state index is -5.26. The van der Waals surface area contributed by atoms with Crippen LogP contribution in [0.3, 0.4) is 0 Å². The van der Waals surface area contributed by atoms with Crippen molar-refractivity contribution >= 4 is 105 Å². The molecule has 18 N–H and O–H groups in total. The molecular weight excluding hydrogens is 1340 g/mol. The van der Waals surface area contributed by atoms with Crippen LogP contribution in [0.1, 0.15) is 129 Å². The van der Waals surface area contributed by atoms with Crippen LogP contribution in [-0.2, 0) is 100.0 Å². The first-order chi connectivity index (χ1) is 46.8. The van der Waals surface area contributed by atoms with E-state index in [0.717, 1.165) is 17.0 Å². The number of nitrogens with zero attached hydrogens (tertiary/aromatic N) is 1. The number of carboxylic acids is 5. The number of amides is 11. The molecule has 100 heavy (non-hydrogen) atoms. The lowest BCUT2D eigenvalue weighted by Crippen LogP contribution is -2.61. The quantitative estimate of drug-likeness (QED) is 0.0226. The highest BCUT2D eigenvalue weighted by atomic mass is 32.3. The Kier molecular flexibility index (Phi) is 34.0. The molecule has 2 aromatic carbocycles. The molecule has 1 heterocycles. The molecule has 0 saturated carbocycles. The van der Waals surface area contributed by atoms with Crippen LogP contribution < -0.4 is 63.5 Å². The van der Waals surface area contributed by atoms with Gasteiger partial charge in [0, 0.05) is 45.1 Å². The van der Waals surface area contributed by atoms with Crippen molar-refractivity contribution in [1.82, 2.24) is 52.8 Å². The van der Waals surface area contributed by atoms with Gasteiger partial charge in [0.05, 0.1) is 12.5 Å². The highest BCUT2D eigenvalue weighted by Crippen LogP contribution is 2.23. The van der Waals surface area contributed by atoms with Crippen molar-refractivity contribution in [3.63, 3.8) is 0 Å². The number of aliphatic carboxylic acids is 5. The lowest BCUT2D eigenvalue weighted by atomic mass is 9.97. The van der Waals surface area contributed by atoms with Crippen molar-refractivity contribution in [3.05, 3.63) is 65.7 Å². The third kappa shape index (κ3) is 29.8. The molecule has 11 amide bonds. The summed E-state index contributed by atoms with van der Waals surface area (Å²) in [7, 11) is -5.26. The summed E-state index contributed by atoms with van der Waals surface area (Å²) in [6, 6.07) is -5.49. The molecule has 1 fully saturated rings. The summed E-state index contributed by atoms with van der Waals surface area (Å²) in [6.07, 6.45) is -6.63. The van der Waals surface area contributed by atoms with Gasteiger partial charge in [0.15, 0.2) is 0 Å². The summed E-state index contributed by atoms with van der Waals surface area (Å²) in [5.74, 6) is -20.6. The standard InChI is InChI=1S/C62H88N12O25S/c1-6-32(4)51(73-52(84)33(5)65-54(86)38(19-23-47(76)77)67-58(90)43(28-34-11-8-7-9-12-34)70-53(85)37(63)30-50(82)83)61(93)74-26-10-13-45(74)60(92)68-40(21-25-49(80)81)55(87)66-39(20-24-48(78)79)56(88)72-44(29-35-14-16-36(17-15-35)99-100(96,97)98)59(91)71-42(27-31(2)3)57(89)69-41(62(94)95)18-22-46(64)75/h7-9,11-12,14-17,31-33,37-45,51H,6,10,13,18-30,63H2,1-5H3,(H2,64,75)(H,65,86)(H,66,87)(H,67,90)(H,68,92)(H,69,89)(H,70,85)(H,71,91)(H,72,88)(H,73,84)(H,76,77)(H,78,79)(H,80,81)(H,82,83)(H,94,95)(H,96,97,98)/p-1/t32-,33-,37-,38-,39-,40-,41-,42-,43-,44-,45-,51-/m0/s1. The monoisotopic (exact) mass is 1430 g/mol. The third-order valence-corrected chi connectivity index (χ3v) is 16.1. The summed E-state index contributed by atoms with van der Waals surface area (Å²) in [5.41, 5.74) is 11.5. The molecule has 0 radical (unpaired) electrons. The van der Waals surface area contributed by atoms with E-state index < -0.39 is 248 Å². The van der Waals surface area contributed by atoms with E-state index in [-0.39, 0.29) is 50.1 Å². The van der Waals surface area contributed by atoms with Crippen molar-refractivity contribution < 1.29 is 119 Å². The Labute approximate surface area is 574 Å². The van der Waals surface area contributed by atoms with E-state index in [1.54, 1.807) is 58.0 Å². The zero-order chi connectivity index (χ0) is 75.3. The SMILES string of the molecule is CC[C@H](C)[C@H](NC(=O)[C@H](C)NC(=O)[C@H](CCC(=O)O)NC(=O)[C@H](Cc1ccccc1)NC(=O)[C@@H](N)CC(=O)O)C(=O)N1CCC[C@H]1C(=O)N[C@@H](CCC(=O)O)C(=O)N[C@@H](CCC(=O)O)C(=O)N[C@@H](Cc1ccc(OS(=O)(=O)[O-])cc1)C(=O)N[C@@H](CC(C)C)C(=O)N[C@@H](CCC(N)=O)C(=O)O. The van der Waals surface area contributed by atoms with E-state index >= 15 is 0 Å². The van der Waals surface area contributed by atoms with Crippen molar-refractivity contribution in [1.29, 1.82) is 0 Å². The number of nitrogens with two attached hydrogens (primary N) is 2. The van der Waals surface area contributed by atoms with Gasteiger partial charge in [-0.1, -0.05) is 76.6 Å². The normalized spacial score (nSPS) is 16.0. The first-order valence-corrected chi connectivity index (χ1v) is 33.1. The van der Waals surface area contributed by atoms with Crippen molar-refractivity contribution in [3.8, 4) is 5.75 Å². The van der Waals surface area contributed by atoms with Crippen LogP contribution in [0.25, 0.3) is 0 Å². The second-order valence-electron chi connectivity index (χ2n) is 24.2. The fourth-order valence-corrected chi connectivity index (χ4v) is 10.5. The van der Waals surface area contributed by atoms with Crippen molar-refractivity contribution in [2.24, 2.45) is 23.3 Å². The van der Waals surface area contributed by atoms with E-state index in [2.05, 4.69) is 52.0 Å². The Balaban J connectivity index is 1.94. The van der Waals surface area contributed by atoms with Gasteiger partial charge >= 0.3 is 29.8 Å². The van der Waals surface area contributed by atoms with E-state index in [1.807, 2.05) is 0 Å². The summed E-state index contributed by atoms with van der Waals surface area (Å²) in [4.78, 5) is 212. The Bertz CT molecular complexity index is 3400. The lowest BCUT2D eigenvalue weighted by molar-refractivity contribution is -0.144. The van der Waals surface area contributed by atoms with Gasteiger partial charge in [0.1, 0.15) is 66.2 Å². The zero-order valence-corrected chi connectivity index (χ0v) is 56.2. The molecule has 37 nitrogen and oxygen atoms in total. The van der Waals surface area contributed by atoms with Gasteiger partial charge in [0.2, 0.25) is 65.0 Å². The molecule has 2 aromatic rings. The van der Waals surface area contributed by atoms with Crippen molar-refractivity contribution in [2.75, 3.05) is 6.54 Å². The number of carbonyl (C=O) groups excluding carboxylic acids is 11. The van der Waals surface area contributed by atoms with Crippen LogP contribution in [0.15, 0.2) is 54.6 Å². The molecule has 552 valence electrons. The van der Waals surface area contributed by atoms with E-state index in [4.69, 9.17) is 11.5 Å². The first-order valence-electron chi connectivity index (χ1n) is 31.7. The highest BCUT2D eigenvalue weighted by molar-refractivity contribution is 7.81. The topological polar surface area (TPSA) is 604 Å². The van der Waals surface area contributed by atoms with Crippen molar-refractivity contribution in [2.45, 2.75) is 197 Å². The molecule has 1 saturated heterocycles. The Hall–Kier alpha value is -10.4. The number of primary amides is 1. The van der Waals surface area contributed by atoms with Crippen LogP contribution in [0.5, 0.6) is 5.75 Å². The van der Waals surface area contributed by atoms with Gasteiger partial charge in [0.25, 0.3) is 10.4 Å². The predicted molar refractivity (Wildman–Crippen MR) is 344 cm³/mol. The maximum atomic E-state index is 14.6. The second kappa shape index (κ2) is 40.5. The highest BCUT2D eigenvalue weighted by Gasteiger charge is 2.42. The third-order valence-electron chi connectivity index (χ3n) is 15.7. The zero-order valence-electron chi connectivity index (χ0n) is 55.4. The second-order valence-corrected chi connectivity index (χ2v) is 25.2. The maximum Gasteiger partial charge on any atom is 0.326 e. The van der Waals surface area contributed by atoms with E-state index in [0.29, 0.717) is 5.56 Å². The molecule has 0 bridgehead atoms. The van der Waals surface area contributed by atoms with Crippen LogP contribution in [0.4, 0.5) is 0 Å². The number of nitrogens with one attached hydrogen (secondary N) is 9. The molecule has 0 spiro atoms. The number of rotatable bonds is 44. The lowest BCUT2D eigenvalue weighted by Gasteiger charge is -2.33. The van der Waals surface area contributed by atoms with Gasteiger partial charge in [-0.2, -0.15) is 0 Å². The smallest absolute Gasteiger partial charge is 0.326 e. The fourth-order valence-electron chi connectivity index (χ4n) is 10.2. The van der Waals surface area contributed by atoms with Gasteiger partial charge in [-0.05, 0) is 87.0 Å². The molecule has 0 aliphatic carbocycles. The molecule has 0 aromatic heterocycles. The summed E-state index contributed by atoms with van der Waals surface area (Å²) in [6.45, 7) is 7.59. The molecule has 1 aliphatic rings. The van der Waals surface area contributed by atoms with Gasteiger partial charge < -0.3 is 98.5 Å². The van der Waals surface area contributed by atoms with E-state index in [1.165, 1.54) is 19.1 Å². The summed E-state index contributed by atoms with van der Waals surface area (Å²) >= 11 is 0. The number of carbonyl (C=O) groups is 16. The average Bonchev–Trinajstić information content (AvgIpc) is 1.57. The van der Waals surface area contributed by atoms with Gasteiger partial charge in [-0.3, -0.25) is 71.9 Å². The van der Waals surface area contributed by atoms with Crippen LogP contribution in [0, 0.1) is 11.8 Å². The molecule has 1 aliphatic heterocycles. The minimum absolute atomic E-state index is 0.0668. The van der Waals surface area contributed by atoms with E-state index in [9.17, 15) is 115 Å². The fraction of sp³-hybridized carbons (Fsp3) is 0.548. The van der Waals surface area contributed by atoms with Crippen LogP contribution in [-0.4, -0.2) is 211 Å². The number of hydrogen-bond acceptors (Lipinski definition) is 21. The number of carboxylic acid groups (broad SMARTS) is 5. The Morgan fingerprint density at radius 3 is 1.43 bits per heavy atom. The van der Waals surface area contributed by atoms with Gasteiger partial charge in [-0.25, -0.2) is 13.2 Å². The van der Waals surface area contributed by atoms with Gasteiger partial charge in [-0.15, -0.1) is 0 Å². The van der Waals surface area contributed by atoms with Crippen LogP contribution in [0.2, 0.25) is 0 Å². The molecule has 38 heteroatoms.